The Hall–Kier alpha value is -0.960. The van der Waals surface area contributed by atoms with Gasteiger partial charge in [0, 0.05) is 0 Å². The molecule has 3 aliphatic rings. The molecule has 1 fully saturated rings. The molecule has 0 aliphatic carbocycles. The van der Waals surface area contributed by atoms with Crippen molar-refractivity contribution >= 4 is 29.4 Å². The Morgan fingerprint density at radius 1 is 1.03 bits per heavy atom. The third kappa shape index (κ3) is 6.09. The van der Waals surface area contributed by atoms with Crippen LogP contribution in [0.1, 0.15) is 0 Å². The first kappa shape index (κ1) is 24.7. The van der Waals surface area contributed by atoms with E-state index in [1.807, 2.05) is 0 Å². The molecule has 8 atom stereocenters. The summed E-state index contributed by atoms with van der Waals surface area (Å²) in [6, 6.07) is 0. The van der Waals surface area contributed by atoms with Crippen LogP contribution in [-0.4, -0.2) is 72.9 Å². The van der Waals surface area contributed by atoms with Gasteiger partial charge in [-0.3, -0.25) is 9.32 Å². The number of phosphoric ester groups is 1. The molecule has 19 heteroatoms. The van der Waals surface area contributed by atoms with Crippen molar-refractivity contribution in [2.75, 3.05) is 6.61 Å². The minimum atomic E-state index is -5.70. The fraction of sp³-hybridized carbons (Fsp3) is 0.583. The molecule has 3 heterocycles. The van der Waals surface area contributed by atoms with Crippen molar-refractivity contribution in [3.8, 4) is 0 Å². The van der Waals surface area contributed by atoms with Gasteiger partial charge in [0.05, 0.1) is 12.5 Å². The lowest BCUT2D eigenvalue weighted by Crippen LogP contribution is -2.52. The van der Waals surface area contributed by atoms with Crippen LogP contribution in [0.2, 0.25) is 0 Å². The number of aliphatic hydroxyl groups is 2. The van der Waals surface area contributed by atoms with E-state index in [-0.39, 0.29) is 0 Å². The molecule has 0 bridgehead atoms. The van der Waals surface area contributed by atoms with Crippen molar-refractivity contribution in [1.29, 1.82) is 0 Å². The molecule has 16 nitrogen and oxygen atoms in total. The van der Waals surface area contributed by atoms with Gasteiger partial charge in [0.2, 0.25) is 5.91 Å². The average molecular weight is 508 g/mol. The third-order valence-corrected chi connectivity index (χ3v) is 8.21. The summed E-state index contributed by atoms with van der Waals surface area (Å²) < 4.78 is 50.6. The number of carbonyl (C=O) groups is 1. The maximum absolute atomic E-state index is 12.3. The van der Waals surface area contributed by atoms with Crippen molar-refractivity contribution in [2.45, 2.75) is 30.6 Å². The van der Waals surface area contributed by atoms with E-state index in [1.165, 1.54) is 6.08 Å². The molecule has 3 rings (SSSR count). The first-order valence-corrected chi connectivity index (χ1v) is 12.9. The van der Waals surface area contributed by atoms with Crippen LogP contribution < -0.4 is 10.6 Å². The Kier molecular flexibility index (Phi) is 6.98. The Labute approximate surface area is 173 Å². The van der Waals surface area contributed by atoms with Gasteiger partial charge in [-0.25, -0.2) is 13.7 Å². The summed E-state index contributed by atoms with van der Waals surface area (Å²) in [6.07, 6.45) is -1.64. The summed E-state index contributed by atoms with van der Waals surface area (Å²) in [6.45, 7) is -0.965. The minimum Gasteiger partial charge on any atom is -0.388 e. The van der Waals surface area contributed by atoms with Gasteiger partial charge in [-0.1, -0.05) is 6.08 Å². The highest BCUT2D eigenvalue weighted by atomic mass is 31.3. The number of aliphatic hydroxyl groups excluding tert-OH is 2. The van der Waals surface area contributed by atoms with Gasteiger partial charge < -0.3 is 45.2 Å². The van der Waals surface area contributed by atoms with Crippen LogP contribution in [0.3, 0.4) is 0 Å². The predicted octanol–water partition coefficient (Wildman–Crippen LogP) is -2.07. The van der Waals surface area contributed by atoms with Crippen LogP contribution in [0.25, 0.3) is 0 Å². The van der Waals surface area contributed by atoms with Crippen molar-refractivity contribution in [1.82, 2.24) is 10.6 Å². The van der Waals surface area contributed by atoms with Crippen LogP contribution in [0.15, 0.2) is 23.9 Å². The van der Waals surface area contributed by atoms with Gasteiger partial charge in [-0.2, -0.15) is 8.62 Å². The zero-order chi connectivity index (χ0) is 23.2. The Morgan fingerprint density at radius 3 is 2.35 bits per heavy atom. The SMILES string of the molecule is O=C1NC2NC=CC2=CC1C1OC(COP(=O)(O)OP(=O)(O)OP(=O)(O)O)C(O)C1O. The number of carbonyl (C=O) groups excluding carboxylic acids is 1. The fourth-order valence-electron chi connectivity index (χ4n) is 3.16. The van der Waals surface area contributed by atoms with Gasteiger partial charge in [0.25, 0.3) is 0 Å². The molecule has 0 aromatic carbocycles. The third-order valence-electron chi connectivity index (χ3n) is 4.40. The monoisotopic (exact) mass is 508 g/mol. The standard InChI is InChI=1S/C12H19N2O14P3/c15-8-7(4-25-30(21,22)28-31(23,24)27-29(18,19)20)26-10(9(8)16)6-3-5-1-2-13-11(5)14-12(6)17/h1-3,6-11,13,15-16H,4H2,(H,14,17)(H,21,22)(H,23,24)(H2,18,19,20). The first-order valence-electron chi connectivity index (χ1n) is 8.42. The van der Waals surface area contributed by atoms with E-state index in [1.54, 1.807) is 12.3 Å². The van der Waals surface area contributed by atoms with Crippen LogP contribution in [0.4, 0.5) is 0 Å². The lowest BCUT2D eigenvalue weighted by molar-refractivity contribution is -0.131. The van der Waals surface area contributed by atoms with E-state index >= 15 is 0 Å². The van der Waals surface area contributed by atoms with Gasteiger partial charge in [0.15, 0.2) is 0 Å². The molecular formula is C12H19N2O14P3. The number of hydrogen-bond donors (Lipinski definition) is 8. The molecular weight excluding hydrogens is 489 g/mol. The van der Waals surface area contributed by atoms with Gasteiger partial charge >= 0.3 is 23.5 Å². The second-order valence-electron chi connectivity index (χ2n) is 6.64. The smallest absolute Gasteiger partial charge is 0.388 e. The van der Waals surface area contributed by atoms with E-state index in [0.29, 0.717) is 5.57 Å². The van der Waals surface area contributed by atoms with Gasteiger partial charge in [-0.15, -0.1) is 0 Å². The molecule has 176 valence electrons. The van der Waals surface area contributed by atoms with Crippen molar-refractivity contribution in [2.24, 2.45) is 5.92 Å². The molecule has 1 saturated heterocycles. The topological polar surface area (TPSA) is 251 Å². The number of ether oxygens (including phenoxy) is 1. The van der Waals surface area contributed by atoms with Crippen LogP contribution in [0.5, 0.6) is 0 Å². The van der Waals surface area contributed by atoms with E-state index in [0.717, 1.165) is 0 Å². The molecule has 8 unspecified atom stereocenters. The van der Waals surface area contributed by atoms with E-state index in [9.17, 15) is 33.6 Å². The predicted molar refractivity (Wildman–Crippen MR) is 96.3 cm³/mol. The second kappa shape index (κ2) is 8.76. The van der Waals surface area contributed by atoms with Crippen LogP contribution >= 0.6 is 23.5 Å². The molecule has 0 aromatic rings. The number of rotatable bonds is 8. The lowest BCUT2D eigenvalue weighted by Gasteiger charge is -2.29. The van der Waals surface area contributed by atoms with E-state index in [2.05, 4.69) is 23.8 Å². The van der Waals surface area contributed by atoms with Crippen molar-refractivity contribution < 1.29 is 66.2 Å². The number of nitrogens with one attached hydrogen (secondary N) is 2. The maximum Gasteiger partial charge on any atom is 0.490 e. The number of phosphoric acid groups is 3. The zero-order valence-electron chi connectivity index (χ0n) is 15.2. The highest BCUT2D eigenvalue weighted by Crippen LogP contribution is 2.66. The van der Waals surface area contributed by atoms with Gasteiger partial charge in [0.1, 0.15) is 30.6 Å². The molecule has 3 aliphatic heterocycles. The Balaban J connectivity index is 1.63. The first-order chi connectivity index (χ1) is 14.2. The Morgan fingerprint density at radius 2 is 1.71 bits per heavy atom. The summed E-state index contributed by atoms with van der Waals surface area (Å²) >= 11 is 0. The number of amides is 1. The van der Waals surface area contributed by atoms with Crippen molar-refractivity contribution in [3.05, 3.63) is 23.9 Å². The second-order valence-corrected chi connectivity index (χ2v) is 11.1. The highest BCUT2D eigenvalue weighted by molar-refractivity contribution is 7.66. The van der Waals surface area contributed by atoms with E-state index < -0.39 is 72.5 Å². The molecule has 8 N–H and O–H groups in total. The average Bonchev–Trinajstić information content (AvgIpc) is 3.14. The maximum atomic E-state index is 12.3. The van der Waals surface area contributed by atoms with Crippen LogP contribution in [0, 0.1) is 5.92 Å². The lowest BCUT2D eigenvalue weighted by atomic mass is 9.90. The molecule has 0 radical (unpaired) electrons. The summed E-state index contributed by atoms with van der Waals surface area (Å²) in [7, 11) is -16.7. The fourth-order valence-corrected chi connectivity index (χ4v) is 6.19. The summed E-state index contributed by atoms with van der Waals surface area (Å²) in [5, 5.41) is 25.9. The van der Waals surface area contributed by atoms with Gasteiger partial charge in [-0.05, 0) is 17.8 Å². The minimum absolute atomic E-state index is 0.437. The highest BCUT2D eigenvalue weighted by Gasteiger charge is 2.50. The van der Waals surface area contributed by atoms with Crippen molar-refractivity contribution in [3.63, 3.8) is 0 Å². The Bertz CT molecular complexity index is 932. The summed E-state index contributed by atoms with van der Waals surface area (Å²) in [4.78, 5) is 47.9. The summed E-state index contributed by atoms with van der Waals surface area (Å²) in [5.74, 6) is -1.54. The quantitative estimate of drug-likeness (QED) is 0.164. The largest absolute Gasteiger partial charge is 0.490 e. The molecule has 0 aromatic heterocycles. The molecule has 0 saturated carbocycles. The molecule has 0 spiro atoms. The summed E-state index contributed by atoms with van der Waals surface area (Å²) in [5.41, 5.74) is 0.687. The molecule has 1 amide bonds. The van der Waals surface area contributed by atoms with Crippen LogP contribution in [-0.2, 0) is 36.4 Å². The van der Waals surface area contributed by atoms with E-state index in [4.69, 9.17) is 19.4 Å². The zero-order valence-corrected chi connectivity index (χ0v) is 17.9. The number of hydrogen-bond acceptors (Lipinski definition) is 11. The number of fused-ring (bicyclic) bond motifs is 1. The molecule has 31 heavy (non-hydrogen) atoms. The normalized spacial score (nSPS) is 36.7.